The molecule has 0 saturated carbocycles. The number of anilines is 1. The zero-order valence-corrected chi connectivity index (χ0v) is 13.7. The number of benzene rings is 1. The summed E-state index contributed by atoms with van der Waals surface area (Å²) in [6.45, 7) is 3.53. The largest absolute Gasteiger partial charge is 0.382 e. The maximum Gasteiger partial charge on any atom is 0.142 e. The number of halogens is 1. The first-order valence-corrected chi connectivity index (χ1v) is 8.39. The van der Waals surface area contributed by atoms with Crippen LogP contribution in [-0.4, -0.2) is 23.0 Å². The monoisotopic (exact) mass is 329 g/mol. The lowest BCUT2D eigenvalue weighted by molar-refractivity contribution is -0.0799. The van der Waals surface area contributed by atoms with Crippen LogP contribution in [0.5, 0.6) is 0 Å². The summed E-state index contributed by atoms with van der Waals surface area (Å²) < 4.78 is 6.21. The molecule has 23 heavy (non-hydrogen) atoms. The lowest BCUT2D eigenvalue weighted by Gasteiger charge is -2.39. The Balaban J connectivity index is 1.47. The first-order chi connectivity index (χ1) is 11.2. The van der Waals surface area contributed by atoms with Crippen molar-refractivity contribution in [2.24, 2.45) is 0 Å². The third kappa shape index (κ3) is 2.61. The van der Waals surface area contributed by atoms with Crippen molar-refractivity contribution in [3.05, 3.63) is 58.2 Å². The van der Waals surface area contributed by atoms with Gasteiger partial charge in [-0.05, 0) is 35.6 Å². The minimum atomic E-state index is -0.0891. The third-order valence-electron chi connectivity index (χ3n) is 5.07. The molecular weight excluding hydrogens is 310 g/mol. The first-order valence-electron chi connectivity index (χ1n) is 8.01. The average Bonchev–Trinajstić information content (AvgIpc) is 2.93. The minimum absolute atomic E-state index is 0.0891. The third-order valence-corrected chi connectivity index (χ3v) is 5.50. The Kier molecular flexibility index (Phi) is 3.76. The Bertz CT molecular complexity index is 726. The zero-order valence-electron chi connectivity index (χ0n) is 13.0. The number of nitrogens with zero attached hydrogens (tertiary/aromatic N) is 2. The SMILES string of the molecule is Nc1nccc(CN2CCC3(CC2)OCc2ccccc23)c1Cl. The molecule has 1 fully saturated rings. The number of piperidine rings is 1. The normalized spacial score (nSPS) is 19.9. The van der Waals surface area contributed by atoms with E-state index in [0.717, 1.165) is 44.6 Å². The number of ether oxygens (including phenoxy) is 1. The molecule has 0 bridgehead atoms. The van der Waals surface area contributed by atoms with Gasteiger partial charge in [-0.2, -0.15) is 0 Å². The molecule has 120 valence electrons. The molecule has 3 heterocycles. The zero-order chi connectivity index (χ0) is 15.9. The number of rotatable bonds is 2. The van der Waals surface area contributed by atoms with E-state index < -0.39 is 0 Å². The van der Waals surface area contributed by atoms with Crippen LogP contribution in [0.4, 0.5) is 5.82 Å². The van der Waals surface area contributed by atoms with Gasteiger partial charge in [0.2, 0.25) is 0 Å². The fourth-order valence-corrected chi connectivity index (χ4v) is 3.91. The molecule has 5 heteroatoms. The van der Waals surface area contributed by atoms with Gasteiger partial charge < -0.3 is 10.5 Å². The molecule has 0 amide bonds. The number of pyridine rings is 1. The van der Waals surface area contributed by atoms with E-state index in [-0.39, 0.29) is 5.60 Å². The summed E-state index contributed by atoms with van der Waals surface area (Å²) in [6, 6.07) is 10.5. The number of hydrogen-bond donors (Lipinski definition) is 1. The van der Waals surface area contributed by atoms with E-state index in [9.17, 15) is 0 Å². The molecule has 1 aromatic carbocycles. The van der Waals surface area contributed by atoms with Crippen molar-refractivity contribution in [2.75, 3.05) is 18.8 Å². The van der Waals surface area contributed by atoms with Gasteiger partial charge in [-0.25, -0.2) is 4.98 Å². The summed E-state index contributed by atoms with van der Waals surface area (Å²) in [5.41, 5.74) is 9.47. The maximum absolute atomic E-state index is 6.26. The van der Waals surface area contributed by atoms with Gasteiger partial charge in [0.1, 0.15) is 5.82 Å². The van der Waals surface area contributed by atoms with Gasteiger partial charge in [-0.15, -0.1) is 0 Å². The molecule has 0 atom stereocenters. The van der Waals surface area contributed by atoms with Crippen molar-refractivity contribution < 1.29 is 4.74 Å². The van der Waals surface area contributed by atoms with Crippen LogP contribution in [0, 0.1) is 0 Å². The molecule has 2 aliphatic heterocycles. The number of nitrogen functional groups attached to an aromatic ring is 1. The van der Waals surface area contributed by atoms with Crippen LogP contribution in [0.3, 0.4) is 0 Å². The van der Waals surface area contributed by atoms with Gasteiger partial charge in [-0.3, -0.25) is 4.90 Å². The van der Waals surface area contributed by atoms with Gasteiger partial charge in [0.05, 0.1) is 17.2 Å². The second kappa shape index (κ2) is 5.78. The van der Waals surface area contributed by atoms with E-state index in [2.05, 4.69) is 34.1 Å². The lowest BCUT2D eigenvalue weighted by atomic mass is 9.84. The van der Waals surface area contributed by atoms with Crippen LogP contribution >= 0.6 is 11.6 Å². The smallest absolute Gasteiger partial charge is 0.142 e. The second-order valence-corrected chi connectivity index (χ2v) is 6.76. The molecule has 1 spiro atoms. The average molecular weight is 330 g/mol. The van der Waals surface area contributed by atoms with E-state index in [1.54, 1.807) is 6.20 Å². The standard InChI is InChI=1S/C18H20ClN3O/c19-16-13(5-8-21-17(16)20)11-22-9-6-18(7-10-22)15-4-2-1-3-14(15)12-23-18/h1-5,8H,6-7,9-12H2,(H2,20,21). The van der Waals surface area contributed by atoms with Crippen molar-refractivity contribution in [1.82, 2.24) is 9.88 Å². The molecule has 0 radical (unpaired) electrons. The van der Waals surface area contributed by atoms with Crippen LogP contribution in [0.25, 0.3) is 0 Å². The molecule has 2 aliphatic rings. The molecule has 0 aliphatic carbocycles. The van der Waals surface area contributed by atoms with Crippen molar-refractivity contribution in [3.63, 3.8) is 0 Å². The van der Waals surface area contributed by atoms with Gasteiger partial charge in [0.25, 0.3) is 0 Å². The molecule has 4 nitrogen and oxygen atoms in total. The fourth-order valence-electron chi connectivity index (χ4n) is 3.74. The van der Waals surface area contributed by atoms with Crippen LogP contribution in [-0.2, 0) is 23.5 Å². The van der Waals surface area contributed by atoms with Crippen molar-refractivity contribution in [1.29, 1.82) is 0 Å². The number of likely N-dealkylation sites (tertiary alicyclic amines) is 1. The van der Waals surface area contributed by atoms with Crippen LogP contribution in [0.2, 0.25) is 5.02 Å². The van der Waals surface area contributed by atoms with Gasteiger partial charge in [-0.1, -0.05) is 35.9 Å². The summed E-state index contributed by atoms with van der Waals surface area (Å²) in [5.74, 6) is 0.408. The van der Waals surface area contributed by atoms with Gasteiger partial charge in [0, 0.05) is 25.8 Å². The highest BCUT2D eigenvalue weighted by molar-refractivity contribution is 6.33. The predicted molar refractivity (Wildman–Crippen MR) is 91.1 cm³/mol. The Labute approximate surface area is 141 Å². The minimum Gasteiger partial charge on any atom is -0.382 e. The maximum atomic E-state index is 6.26. The molecule has 1 aromatic heterocycles. The molecule has 2 N–H and O–H groups in total. The number of aromatic nitrogens is 1. The van der Waals surface area contributed by atoms with Crippen molar-refractivity contribution >= 4 is 17.4 Å². The Hall–Kier alpha value is -1.62. The Morgan fingerprint density at radius 3 is 2.83 bits per heavy atom. The Morgan fingerprint density at radius 2 is 2.00 bits per heavy atom. The number of hydrogen-bond acceptors (Lipinski definition) is 4. The summed E-state index contributed by atoms with van der Waals surface area (Å²) in [6.07, 6.45) is 3.75. The number of fused-ring (bicyclic) bond motifs is 2. The van der Waals surface area contributed by atoms with E-state index in [4.69, 9.17) is 22.1 Å². The molecule has 2 aromatic rings. The number of nitrogens with two attached hydrogens (primary N) is 1. The van der Waals surface area contributed by atoms with E-state index in [1.807, 2.05) is 6.07 Å². The fraction of sp³-hybridized carbons (Fsp3) is 0.389. The summed E-state index contributed by atoms with van der Waals surface area (Å²) in [4.78, 5) is 6.44. The van der Waals surface area contributed by atoms with Gasteiger partial charge in [0.15, 0.2) is 0 Å². The van der Waals surface area contributed by atoms with E-state index in [1.165, 1.54) is 11.1 Å². The van der Waals surface area contributed by atoms with E-state index >= 15 is 0 Å². The summed E-state index contributed by atoms with van der Waals surface area (Å²) >= 11 is 6.26. The van der Waals surface area contributed by atoms with Crippen molar-refractivity contribution in [2.45, 2.75) is 31.6 Å². The molecule has 0 unspecified atom stereocenters. The quantitative estimate of drug-likeness (QED) is 0.918. The predicted octanol–water partition coefficient (Wildman–Crippen LogP) is 3.34. The van der Waals surface area contributed by atoms with Gasteiger partial charge >= 0.3 is 0 Å². The highest BCUT2D eigenvalue weighted by Crippen LogP contribution is 2.44. The highest BCUT2D eigenvalue weighted by Gasteiger charge is 2.42. The van der Waals surface area contributed by atoms with Crippen LogP contribution < -0.4 is 5.73 Å². The summed E-state index contributed by atoms with van der Waals surface area (Å²) in [7, 11) is 0. The summed E-state index contributed by atoms with van der Waals surface area (Å²) in [5, 5.41) is 0.579. The lowest BCUT2D eigenvalue weighted by Crippen LogP contribution is -2.42. The molecule has 1 saturated heterocycles. The van der Waals surface area contributed by atoms with Crippen molar-refractivity contribution in [3.8, 4) is 0 Å². The second-order valence-electron chi connectivity index (χ2n) is 6.39. The first kappa shape index (κ1) is 14.9. The van der Waals surface area contributed by atoms with Crippen LogP contribution in [0.1, 0.15) is 29.5 Å². The highest BCUT2D eigenvalue weighted by atomic mass is 35.5. The molecule has 4 rings (SSSR count). The Morgan fingerprint density at radius 1 is 1.22 bits per heavy atom. The topological polar surface area (TPSA) is 51.4 Å². The van der Waals surface area contributed by atoms with E-state index in [0.29, 0.717) is 10.8 Å². The molecular formula is C18H20ClN3O. The van der Waals surface area contributed by atoms with Crippen LogP contribution in [0.15, 0.2) is 36.5 Å².